The quantitative estimate of drug-likeness (QED) is 0.765. The molecule has 1 aromatic heterocycles. The topological polar surface area (TPSA) is 64.4 Å². The summed E-state index contributed by atoms with van der Waals surface area (Å²) in [5, 5.41) is 0.683. The van der Waals surface area contributed by atoms with Gasteiger partial charge in [0.1, 0.15) is 17.9 Å². The Hall–Kier alpha value is -2.28. The fraction of sp³-hybridized carbons (Fsp3) is 0.389. The smallest absolute Gasteiger partial charge is 0.267 e. The van der Waals surface area contributed by atoms with E-state index in [1.807, 2.05) is 26.0 Å². The van der Waals surface area contributed by atoms with Gasteiger partial charge in [0.05, 0.1) is 6.54 Å². The number of thioether (sulfide) groups is 1. The van der Waals surface area contributed by atoms with Crippen molar-refractivity contribution in [2.75, 3.05) is 26.0 Å². The molecule has 132 valence electrons. The van der Waals surface area contributed by atoms with Gasteiger partial charge in [-0.15, -0.1) is 0 Å². The average Bonchev–Trinajstić information content (AvgIpc) is 3.03. The molecule has 0 aliphatic carbocycles. The third-order valence-corrected chi connectivity index (χ3v) is 5.00. The normalized spacial score (nSPS) is 12.8. The molecule has 0 atom stereocenters. The summed E-state index contributed by atoms with van der Waals surface area (Å²) >= 11 is 1.53. The Bertz CT molecular complexity index is 843. The van der Waals surface area contributed by atoms with Crippen molar-refractivity contribution in [3.05, 3.63) is 51.4 Å². The fourth-order valence-electron chi connectivity index (χ4n) is 2.79. The molecule has 25 heavy (non-hydrogen) atoms. The molecule has 1 aromatic carbocycles. The molecule has 0 radical (unpaired) electrons. The van der Waals surface area contributed by atoms with E-state index in [0.29, 0.717) is 24.9 Å². The van der Waals surface area contributed by atoms with Gasteiger partial charge >= 0.3 is 0 Å². The highest BCUT2D eigenvalue weighted by molar-refractivity contribution is 7.99. The Kier molecular flexibility index (Phi) is 5.13. The number of amides is 1. The van der Waals surface area contributed by atoms with E-state index in [2.05, 4.69) is 11.1 Å². The molecule has 0 saturated carbocycles. The van der Waals surface area contributed by atoms with Crippen LogP contribution in [0, 0.1) is 13.8 Å². The van der Waals surface area contributed by atoms with E-state index in [0.717, 1.165) is 22.6 Å². The van der Waals surface area contributed by atoms with Gasteiger partial charge in [0.2, 0.25) is 0 Å². The highest BCUT2D eigenvalue weighted by Crippen LogP contribution is 2.20. The van der Waals surface area contributed by atoms with E-state index < -0.39 is 0 Å². The number of carbonyl (C=O) groups is 1. The number of carbonyl (C=O) groups excluding carboxylic acids is 1. The minimum Gasteiger partial charge on any atom is -0.492 e. The van der Waals surface area contributed by atoms with Crippen LogP contribution in [0.1, 0.15) is 21.5 Å². The Balaban J connectivity index is 1.62. The van der Waals surface area contributed by atoms with Crippen LogP contribution in [0.4, 0.5) is 0 Å². The third-order valence-electron chi connectivity index (χ3n) is 4.02. The number of hydrogen-bond donors (Lipinski definition) is 0. The van der Waals surface area contributed by atoms with Crippen molar-refractivity contribution in [1.29, 1.82) is 0 Å². The van der Waals surface area contributed by atoms with Gasteiger partial charge in [0, 0.05) is 25.5 Å². The molecule has 1 amide bonds. The highest BCUT2D eigenvalue weighted by atomic mass is 32.2. The largest absolute Gasteiger partial charge is 0.492 e. The van der Waals surface area contributed by atoms with Gasteiger partial charge in [-0.05, 0) is 37.1 Å². The molecule has 1 aliphatic rings. The van der Waals surface area contributed by atoms with Crippen LogP contribution in [0.5, 0.6) is 5.75 Å². The maximum Gasteiger partial charge on any atom is 0.267 e. The van der Waals surface area contributed by atoms with E-state index in [9.17, 15) is 9.59 Å². The van der Waals surface area contributed by atoms with Crippen LogP contribution in [0.3, 0.4) is 0 Å². The van der Waals surface area contributed by atoms with Crippen molar-refractivity contribution < 1.29 is 9.53 Å². The zero-order valence-corrected chi connectivity index (χ0v) is 15.4. The van der Waals surface area contributed by atoms with E-state index in [4.69, 9.17) is 4.74 Å². The van der Waals surface area contributed by atoms with E-state index in [1.54, 1.807) is 11.6 Å². The number of benzene rings is 1. The summed E-state index contributed by atoms with van der Waals surface area (Å²) in [6.45, 7) is 5.39. The van der Waals surface area contributed by atoms with Gasteiger partial charge in [0.15, 0.2) is 5.16 Å². The van der Waals surface area contributed by atoms with Crippen LogP contribution < -0.4 is 10.3 Å². The monoisotopic (exact) mass is 359 g/mol. The summed E-state index contributed by atoms with van der Waals surface area (Å²) < 4.78 is 7.30. The van der Waals surface area contributed by atoms with E-state index in [-0.39, 0.29) is 17.0 Å². The van der Waals surface area contributed by atoms with Crippen LogP contribution in [0.25, 0.3) is 0 Å². The second-order valence-corrected chi connectivity index (χ2v) is 7.22. The number of hydrogen-bond acceptors (Lipinski definition) is 5. The summed E-state index contributed by atoms with van der Waals surface area (Å²) in [4.78, 5) is 30.6. The fourth-order valence-corrected chi connectivity index (χ4v) is 3.70. The van der Waals surface area contributed by atoms with Crippen LogP contribution in [0.2, 0.25) is 0 Å². The molecule has 6 nitrogen and oxygen atoms in total. The van der Waals surface area contributed by atoms with Gasteiger partial charge < -0.3 is 9.64 Å². The molecule has 3 rings (SSSR count). The number of ether oxygens (including phenoxy) is 1. The molecule has 0 unspecified atom stereocenters. The van der Waals surface area contributed by atoms with E-state index in [1.165, 1.54) is 22.9 Å². The van der Waals surface area contributed by atoms with Crippen molar-refractivity contribution in [3.8, 4) is 5.75 Å². The lowest BCUT2D eigenvalue weighted by atomic mass is 10.1. The maximum absolute atomic E-state index is 12.5. The first kappa shape index (κ1) is 17.5. The van der Waals surface area contributed by atoms with Gasteiger partial charge in [0.25, 0.3) is 11.5 Å². The van der Waals surface area contributed by atoms with Crippen molar-refractivity contribution in [1.82, 2.24) is 14.5 Å². The Morgan fingerprint density at radius 2 is 2.04 bits per heavy atom. The SMILES string of the molecule is Cc1cc(C)cc(OCCN(C)C(=O)c2cnc3n(c2=O)CCS3)c1. The summed E-state index contributed by atoms with van der Waals surface area (Å²) in [5.41, 5.74) is 2.12. The van der Waals surface area contributed by atoms with E-state index >= 15 is 0 Å². The Morgan fingerprint density at radius 3 is 2.76 bits per heavy atom. The van der Waals surface area contributed by atoms with Crippen LogP contribution in [-0.2, 0) is 6.54 Å². The number of nitrogens with zero attached hydrogens (tertiary/aromatic N) is 3. The maximum atomic E-state index is 12.5. The van der Waals surface area contributed by atoms with Gasteiger partial charge in [-0.3, -0.25) is 14.2 Å². The highest BCUT2D eigenvalue weighted by Gasteiger charge is 2.22. The first-order valence-corrected chi connectivity index (χ1v) is 9.13. The average molecular weight is 359 g/mol. The summed E-state index contributed by atoms with van der Waals surface area (Å²) in [7, 11) is 1.67. The molecule has 1 aliphatic heterocycles. The molecular formula is C18H21N3O3S. The molecule has 2 aromatic rings. The second kappa shape index (κ2) is 7.31. The summed E-state index contributed by atoms with van der Waals surface area (Å²) in [6.07, 6.45) is 1.39. The molecule has 0 bridgehead atoms. The molecule has 0 fully saturated rings. The molecule has 0 saturated heterocycles. The Morgan fingerprint density at radius 1 is 1.32 bits per heavy atom. The van der Waals surface area contributed by atoms with Crippen LogP contribution in [-0.4, -0.2) is 46.3 Å². The second-order valence-electron chi connectivity index (χ2n) is 6.16. The molecule has 0 N–H and O–H groups in total. The molecule has 0 spiro atoms. The summed E-state index contributed by atoms with van der Waals surface area (Å²) in [5.74, 6) is 1.28. The predicted octanol–water partition coefficient (Wildman–Crippen LogP) is 2.12. The Labute approximate surface area is 150 Å². The molecule has 7 heteroatoms. The standard InChI is InChI=1S/C18H21N3O3S/c1-12-8-13(2)10-14(9-12)24-6-4-20(3)16(22)15-11-19-18-21(17(15)23)5-7-25-18/h8-11H,4-7H2,1-3H3. The lowest BCUT2D eigenvalue weighted by Crippen LogP contribution is -2.36. The minimum atomic E-state index is -0.325. The lowest BCUT2D eigenvalue weighted by molar-refractivity contribution is 0.0770. The van der Waals surface area contributed by atoms with Crippen LogP contribution >= 0.6 is 11.8 Å². The van der Waals surface area contributed by atoms with Gasteiger partial charge in [-0.25, -0.2) is 4.98 Å². The van der Waals surface area contributed by atoms with Gasteiger partial charge in [-0.2, -0.15) is 0 Å². The van der Waals surface area contributed by atoms with Crippen molar-refractivity contribution in [2.45, 2.75) is 25.5 Å². The van der Waals surface area contributed by atoms with Crippen molar-refractivity contribution >= 4 is 17.7 Å². The first-order valence-electron chi connectivity index (χ1n) is 8.15. The van der Waals surface area contributed by atoms with Crippen molar-refractivity contribution in [3.63, 3.8) is 0 Å². The predicted molar refractivity (Wildman–Crippen MR) is 97.6 cm³/mol. The van der Waals surface area contributed by atoms with Gasteiger partial charge in [-0.1, -0.05) is 17.8 Å². The minimum absolute atomic E-state index is 0.111. The zero-order valence-electron chi connectivity index (χ0n) is 14.6. The van der Waals surface area contributed by atoms with Crippen molar-refractivity contribution in [2.24, 2.45) is 0 Å². The number of aryl methyl sites for hydroxylation is 2. The number of fused-ring (bicyclic) bond motifs is 1. The number of aromatic nitrogens is 2. The molecule has 2 heterocycles. The number of rotatable bonds is 5. The lowest BCUT2D eigenvalue weighted by Gasteiger charge is -2.18. The summed E-state index contributed by atoms with van der Waals surface area (Å²) in [6, 6.07) is 6.00. The van der Waals surface area contributed by atoms with Crippen LogP contribution in [0.15, 0.2) is 34.3 Å². The first-order chi connectivity index (χ1) is 12.0. The number of likely N-dealkylation sites (N-methyl/N-ethyl adjacent to an activating group) is 1. The third kappa shape index (κ3) is 3.87. The zero-order chi connectivity index (χ0) is 18.0. The molecular weight excluding hydrogens is 338 g/mol.